The van der Waals surface area contributed by atoms with Gasteiger partial charge in [-0.3, -0.25) is 10.2 Å². The minimum absolute atomic E-state index is 0.251. The van der Waals surface area contributed by atoms with E-state index in [2.05, 4.69) is 25.5 Å². The lowest BCUT2D eigenvalue weighted by Gasteiger charge is -2.21. The van der Waals surface area contributed by atoms with Gasteiger partial charge in [-0.05, 0) is 43.7 Å². The van der Waals surface area contributed by atoms with E-state index in [1.165, 1.54) is 6.07 Å². The van der Waals surface area contributed by atoms with E-state index in [1.807, 2.05) is 44.2 Å². The largest absolute Gasteiger partial charge is 0.464 e. The fourth-order valence-corrected chi connectivity index (χ4v) is 5.14. The predicted octanol–water partition coefficient (Wildman–Crippen LogP) is 4.55. The van der Waals surface area contributed by atoms with Crippen LogP contribution in [0, 0.1) is 18.6 Å². The van der Waals surface area contributed by atoms with Gasteiger partial charge < -0.3 is 14.8 Å². The van der Waals surface area contributed by atoms with Gasteiger partial charge in [0.2, 0.25) is 0 Å². The van der Waals surface area contributed by atoms with Crippen LogP contribution in [-0.4, -0.2) is 76.7 Å². The average Bonchev–Trinajstić information content (AvgIpc) is 3.54. The molecule has 0 bridgehead atoms. The highest BCUT2D eigenvalue weighted by atomic mass is 19.2. The number of likely N-dealkylation sites (tertiary alicyclic amines) is 1. The molecule has 0 unspecified atom stereocenters. The number of anilines is 1. The maximum atomic E-state index is 14.1. The van der Waals surface area contributed by atoms with Crippen molar-refractivity contribution in [2.75, 3.05) is 45.3 Å². The van der Waals surface area contributed by atoms with Crippen molar-refractivity contribution in [1.82, 2.24) is 30.0 Å². The number of amides is 2. The third kappa shape index (κ3) is 6.39. The van der Waals surface area contributed by atoms with Crippen molar-refractivity contribution >= 4 is 11.8 Å². The number of hydrogen-bond acceptors (Lipinski definition) is 7. The Hall–Kier alpha value is -4.42. The van der Waals surface area contributed by atoms with Gasteiger partial charge in [0, 0.05) is 56.2 Å². The third-order valence-electron chi connectivity index (χ3n) is 7.23. The molecule has 0 spiro atoms. The smallest absolute Gasteiger partial charge is 0.320 e. The number of benzene rings is 2. The molecule has 1 aliphatic rings. The fraction of sp³-hybridized carbons (Fsp3) is 0.333. The number of carbonyl (C=O) groups excluding carboxylic acids is 1. The lowest BCUT2D eigenvalue weighted by molar-refractivity contribution is 0.159. The van der Waals surface area contributed by atoms with Crippen LogP contribution in [-0.2, 0) is 4.74 Å². The van der Waals surface area contributed by atoms with Crippen molar-refractivity contribution in [1.29, 1.82) is 0 Å². The molecule has 3 heterocycles. The summed E-state index contributed by atoms with van der Waals surface area (Å²) in [6, 6.07) is 12.8. The van der Waals surface area contributed by atoms with Gasteiger partial charge in [-0.25, -0.2) is 28.2 Å². The SMILES string of the molecule is CCOc1ncc(-c2nn(-c3ccccc3)c(NC(=O)N[C@@H]3CN(CCOC)C[C@H]3c3ccc(F)c(F)c3)c2C)cn1. The second kappa shape index (κ2) is 13.0. The molecular formula is C30H33F2N7O3. The molecule has 2 atom stereocenters. The monoisotopic (exact) mass is 577 g/mol. The highest BCUT2D eigenvalue weighted by Gasteiger charge is 2.35. The Balaban J connectivity index is 1.42. The topological polar surface area (TPSA) is 106 Å². The van der Waals surface area contributed by atoms with Gasteiger partial charge >= 0.3 is 12.0 Å². The van der Waals surface area contributed by atoms with E-state index in [0.29, 0.717) is 61.1 Å². The van der Waals surface area contributed by atoms with E-state index < -0.39 is 17.7 Å². The van der Waals surface area contributed by atoms with E-state index in [4.69, 9.17) is 14.6 Å². The average molecular weight is 578 g/mol. The number of nitrogens with one attached hydrogen (secondary N) is 2. The highest BCUT2D eigenvalue weighted by Crippen LogP contribution is 2.32. The molecule has 4 aromatic rings. The molecule has 2 aromatic heterocycles. The Kier molecular flexibility index (Phi) is 9.03. The van der Waals surface area contributed by atoms with Crippen molar-refractivity contribution in [3.8, 4) is 23.0 Å². The number of para-hydroxylation sites is 1. The van der Waals surface area contributed by atoms with Crippen LogP contribution >= 0.6 is 0 Å². The Morgan fingerprint density at radius 2 is 1.83 bits per heavy atom. The minimum Gasteiger partial charge on any atom is -0.464 e. The molecule has 1 saturated heterocycles. The number of carbonyl (C=O) groups is 1. The summed E-state index contributed by atoms with van der Waals surface area (Å²) in [6.45, 7) is 6.40. The normalized spacial score (nSPS) is 16.9. The lowest BCUT2D eigenvalue weighted by Crippen LogP contribution is -2.42. The van der Waals surface area contributed by atoms with Crippen molar-refractivity contribution < 1.29 is 23.0 Å². The Morgan fingerprint density at radius 3 is 2.52 bits per heavy atom. The van der Waals surface area contributed by atoms with E-state index >= 15 is 0 Å². The quantitative estimate of drug-likeness (QED) is 0.285. The zero-order valence-corrected chi connectivity index (χ0v) is 23.7. The molecule has 2 amide bonds. The standard InChI is InChI=1S/C30H33F2N7O3/c1-4-42-30-33-15-21(16-34-30)27-19(2)28(39(37-27)22-8-6-5-7-9-22)36-29(40)35-26-18-38(12-13-41-3)17-23(26)20-10-11-24(31)25(32)14-20/h5-11,14-16,23,26H,4,12-13,17-18H2,1-3H3,(H2,35,36,40)/t23-,26+/m0/s1. The summed E-state index contributed by atoms with van der Waals surface area (Å²) in [7, 11) is 1.62. The van der Waals surface area contributed by atoms with Crippen molar-refractivity contribution in [2.24, 2.45) is 0 Å². The summed E-state index contributed by atoms with van der Waals surface area (Å²) >= 11 is 0. The van der Waals surface area contributed by atoms with Crippen LogP contribution in [0.2, 0.25) is 0 Å². The van der Waals surface area contributed by atoms with Crippen LogP contribution < -0.4 is 15.4 Å². The molecule has 1 aliphatic heterocycles. The van der Waals surface area contributed by atoms with Gasteiger partial charge in [-0.2, -0.15) is 5.10 Å². The van der Waals surface area contributed by atoms with Crippen LogP contribution in [0.1, 0.15) is 24.0 Å². The summed E-state index contributed by atoms with van der Waals surface area (Å²) in [6.07, 6.45) is 3.26. The van der Waals surface area contributed by atoms with Crippen LogP contribution in [0.15, 0.2) is 60.9 Å². The van der Waals surface area contributed by atoms with Gasteiger partial charge in [0.05, 0.1) is 24.9 Å². The zero-order valence-electron chi connectivity index (χ0n) is 23.7. The maximum Gasteiger partial charge on any atom is 0.320 e. The molecule has 0 saturated carbocycles. The van der Waals surface area contributed by atoms with Gasteiger partial charge in [-0.15, -0.1) is 0 Å². The minimum atomic E-state index is -0.917. The first-order valence-corrected chi connectivity index (χ1v) is 13.7. The number of hydrogen-bond donors (Lipinski definition) is 2. The molecule has 1 fully saturated rings. The Labute approximate surface area is 242 Å². The van der Waals surface area contributed by atoms with Crippen LogP contribution in [0.5, 0.6) is 6.01 Å². The van der Waals surface area contributed by atoms with Crippen molar-refractivity contribution in [3.05, 3.63) is 83.7 Å². The number of urea groups is 1. The molecule has 2 aromatic carbocycles. The van der Waals surface area contributed by atoms with Crippen LogP contribution in [0.4, 0.5) is 19.4 Å². The van der Waals surface area contributed by atoms with Gasteiger partial charge in [-0.1, -0.05) is 24.3 Å². The second-order valence-electron chi connectivity index (χ2n) is 9.99. The number of ether oxygens (including phenoxy) is 2. The van der Waals surface area contributed by atoms with E-state index in [0.717, 1.165) is 11.8 Å². The Bertz CT molecular complexity index is 1520. The zero-order chi connectivity index (χ0) is 29.6. The number of rotatable bonds is 10. The molecule has 12 heteroatoms. The summed E-state index contributed by atoms with van der Waals surface area (Å²) in [5.74, 6) is -1.60. The maximum absolute atomic E-state index is 14.1. The highest BCUT2D eigenvalue weighted by molar-refractivity contribution is 5.91. The molecule has 0 radical (unpaired) electrons. The lowest BCUT2D eigenvalue weighted by atomic mass is 9.94. The predicted molar refractivity (Wildman–Crippen MR) is 154 cm³/mol. The van der Waals surface area contributed by atoms with Gasteiger partial charge in [0.15, 0.2) is 11.6 Å². The molecular weight excluding hydrogens is 544 g/mol. The van der Waals surface area contributed by atoms with E-state index in [1.54, 1.807) is 30.3 Å². The van der Waals surface area contributed by atoms with E-state index in [-0.39, 0.29) is 18.0 Å². The van der Waals surface area contributed by atoms with Crippen LogP contribution in [0.3, 0.4) is 0 Å². The molecule has 220 valence electrons. The first-order chi connectivity index (χ1) is 20.4. The summed E-state index contributed by atoms with van der Waals surface area (Å²) in [4.78, 5) is 24.1. The molecule has 2 N–H and O–H groups in total. The Morgan fingerprint density at radius 1 is 1.07 bits per heavy atom. The fourth-order valence-electron chi connectivity index (χ4n) is 5.14. The first-order valence-electron chi connectivity index (χ1n) is 13.7. The summed E-state index contributed by atoms with van der Waals surface area (Å²) in [5.41, 5.74) is 3.34. The second-order valence-corrected chi connectivity index (χ2v) is 9.99. The molecule has 0 aliphatic carbocycles. The summed E-state index contributed by atoms with van der Waals surface area (Å²) < 4.78 is 40.0. The summed E-state index contributed by atoms with van der Waals surface area (Å²) in [5, 5.41) is 10.8. The first kappa shape index (κ1) is 29.1. The van der Waals surface area contributed by atoms with Gasteiger partial charge in [0.25, 0.3) is 0 Å². The number of nitrogens with zero attached hydrogens (tertiary/aromatic N) is 5. The number of aromatic nitrogens is 4. The third-order valence-corrected chi connectivity index (χ3v) is 7.23. The van der Waals surface area contributed by atoms with Gasteiger partial charge in [0.1, 0.15) is 11.5 Å². The molecule has 42 heavy (non-hydrogen) atoms. The van der Waals surface area contributed by atoms with Crippen molar-refractivity contribution in [2.45, 2.75) is 25.8 Å². The molecule has 5 rings (SSSR count). The van der Waals surface area contributed by atoms with Crippen molar-refractivity contribution in [3.63, 3.8) is 0 Å². The molecule has 10 nitrogen and oxygen atoms in total. The van der Waals surface area contributed by atoms with E-state index in [9.17, 15) is 13.6 Å². The van der Waals surface area contributed by atoms with Crippen LogP contribution in [0.25, 0.3) is 16.9 Å². The number of halogens is 2. The number of methoxy groups -OCH3 is 1.